The molecule has 16 heavy (non-hydrogen) atoms. The molecule has 1 saturated carbocycles. The molecule has 0 radical (unpaired) electrons. The summed E-state index contributed by atoms with van der Waals surface area (Å²) in [5, 5.41) is 3.79. The lowest BCUT2D eigenvalue weighted by Gasteiger charge is -2.15. The number of carbonyl (C=O) groups excluding carboxylic acids is 1. The summed E-state index contributed by atoms with van der Waals surface area (Å²) in [6.07, 6.45) is 3.90. The highest BCUT2D eigenvalue weighted by Gasteiger charge is 2.38. The standard InChI is InChI=1S/C12H16N2O2/c1-8-5-11(13-16-8)12(15)14-6-9-3-2-4-10(9)7-14/h5,9-10H,2-4,6-7H2,1H3. The van der Waals surface area contributed by atoms with Gasteiger partial charge in [-0.15, -0.1) is 0 Å². The van der Waals surface area contributed by atoms with Crippen molar-refractivity contribution < 1.29 is 9.32 Å². The number of aryl methyl sites for hydroxylation is 1. The molecular formula is C12H16N2O2. The van der Waals surface area contributed by atoms with Gasteiger partial charge in [0.15, 0.2) is 5.69 Å². The van der Waals surface area contributed by atoms with Gasteiger partial charge in [0.1, 0.15) is 5.76 Å². The third kappa shape index (κ3) is 1.52. The maximum atomic E-state index is 12.1. The van der Waals surface area contributed by atoms with E-state index in [1.54, 1.807) is 6.07 Å². The van der Waals surface area contributed by atoms with E-state index in [9.17, 15) is 4.79 Å². The predicted octanol–water partition coefficient (Wildman–Crippen LogP) is 1.86. The summed E-state index contributed by atoms with van der Waals surface area (Å²) in [4.78, 5) is 14.0. The highest BCUT2D eigenvalue weighted by molar-refractivity contribution is 5.92. The summed E-state index contributed by atoms with van der Waals surface area (Å²) in [5.74, 6) is 2.20. The van der Waals surface area contributed by atoms with Gasteiger partial charge in [-0.2, -0.15) is 0 Å². The molecule has 2 fully saturated rings. The van der Waals surface area contributed by atoms with E-state index < -0.39 is 0 Å². The van der Waals surface area contributed by atoms with Gasteiger partial charge in [0, 0.05) is 19.2 Å². The zero-order chi connectivity index (χ0) is 11.1. The molecule has 1 amide bonds. The van der Waals surface area contributed by atoms with Crippen LogP contribution < -0.4 is 0 Å². The first kappa shape index (κ1) is 9.87. The van der Waals surface area contributed by atoms with Crippen LogP contribution in [0.25, 0.3) is 0 Å². The Kier molecular flexibility index (Phi) is 2.23. The van der Waals surface area contributed by atoms with Crippen molar-refractivity contribution >= 4 is 5.91 Å². The topological polar surface area (TPSA) is 46.3 Å². The summed E-state index contributed by atoms with van der Waals surface area (Å²) < 4.78 is 4.94. The van der Waals surface area contributed by atoms with Crippen molar-refractivity contribution in [2.45, 2.75) is 26.2 Å². The van der Waals surface area contributed by atoms with Crippen molar-refractivity contribution in [1.82, 2.24) is 10.1 Å². The molecule has 2 unspecified atom stereocenters. The minimum atomic E-state index is 0.0336. The molecule has 3 rings (SSSR count). The third-order valence-corrected chi connectivity index (χ3v) is 3.86. The van der Waals surface area contributed by atoms with Crippen LogP contribution in [0.15, 0.2) is 10.6 Å². The molecular weight excluding hydrogens is 204 g/mol. The van der Waals surface area contributed by atoms with E-state index in [4.69, 9.17) is 4.52 Å². The summed E-state index contributed by atoms with van der Waals surface area (Å²) in [7, 11) is 0. The van der Waals surface area contributed by atoms with Gasteiger partial charge >= 0.3 is 0 Å². The van der Waals surface area contributed by atoms with Gasteiger partial charge in [0.25, 0.3) is 5.91 Å². The maximum Gasteiger partial charge on any atom is 0.276 e. The van der Waals surface area contributed by atoms with Crippen LogP contribution in [0, 0.1) is 18.8 Å². The van der Waals surface area contributed by atoms with Crippen LogP contribution in [0.4, 0.5) is 0 Å². The van der Waals surface area contributed by atoms with Crippen LogP contribution in [-0.4, -0.2) is 29.1 Å². The molecule has 1 aromatic rings. The largest absolute Gasteiger partial charge is 0.361 e. The number of aromatic nitrogens is 1. The van der Waals surface area contributed by atoms with Gasteiger partial charge in [0.2, 0.25) is 0 Å². The molecule has 1 aliphatic heterocycles. The summed E-state index contributed by atoms with van der Waals surface area (Å²) in [6, 6.07) is 1.72. The number of carbonyl (C=O) groups is 1. The highest BCUT2D eigenvalue weighted by Crippen LogP contribution is 2.38. The van der Waals surface area contributed by atoms with Gasteiger partial charge in [-0.05, 0) is 31.6 Å². The van der Waals surface area contributed by atoms with Crippen molar-refractivity contribution in [3.05, 3.63) is 17.5 Å². The molecule has 0 spiro atoms. The molecule has 2 heterocycles. The van der Waals surface area contributed by atoms with Gasteiger partial charge in [0.05, 0.1) is 0 Å². The van der Waals surface area contributed by atoms with E-state index in [1.165, 1.54) is 19.3 Å². The minimum absolute atomic E-state index is 0.0336. The minimum Gasteiger partial charge on any atom is -0.361 e. The smallest absolute Gasteiger partial charge is 0.276 e. The summed E-state index contributed by atoms with van der Waals surface area (Å²) in [5.41, 5.74) is 0.456. The lowest BCUT2D eigenvalue weighted by molar-refractivity contribution is 0.0770. The van der Waals surface area contributed by atoms with Gasteiger partial charge in [-0.25, -0.2) is 0 Å². The van der Waals surface area contributed by atoms with Crippen LogP contribution in [0.3, 0.4) is 0 Å². The summed E-state index contributed by atoms with van der Waals surface area (Å²) >= 11 is 0. The molecule has 0 N–H and O–H groups in total. The molecule has 0 bridgehead atoms. The number of amides is 1. The van der Waals surface area contributed by atoms with Gasteiger partial charge < -0.3 is 9.42 Å². The van der Waals surface area contributed by atoms with E-state index in [0.29, 0.717) is 11.5 Å². The van der Waals surface area contributed by atoms with E-state index >= 15 is 0 Å². The van der Waals surface area contributed by atoms with Crippen LogP contribution >= 0.6 is 0 Å². The highest BCUT2D eigenvalue weighted by atomic mass is 16.5. The zero-order valence-corrected chi connectivity index (χ0v) is 9.48. The molecule has 4 nitrogen and oxygen atoms in total. The van der Waals surface area contributed by atoms with Gasteiger partial charge in [-0.3, -0.25) is 4.79 Å². The number of nitrogens with zero attached hydrogens (tertiary/aromatic N) is 2. The van der Waals surface area contributed by atoms with Gasteiger partial charge in [-0.1, -0.05) is 11.6 Å². The van der Waals surface area contributed by atoms with Crippen molar-refractivity contribution in [2.75, 3.05) is 13.1 Å². The Labute approximate surface area is 94.6 Å². The van der Waals surface area contributed by atoms with E-state index in [-0.39, 0.29) is 5.91 Å². The van der Waals surface area contributed by atoms with Crippen LogP contribution in [0.5, 0.6) is 0 Å². The first-order valence-electron chi connectivity index (χ1n) is 5.96. The van der Waals surface area contributed by atoms with Crippen molar-refractivity contribution in [3.8, 4) is 0 Å². The Balaban J connectivity index is 1.73. The Morgan fingerprint density at radius 1 is 1.44 bits per heavy atom. The lowest BCUT2D eigenvalue weighted by Crippen LogP contribution is -2.29. The number of hydrogen-bond acceptors (Lipinski definition) is 3. The third-order valence-electron chi connectivity index (χ3n) is 3.86. The number of likely N-dealkylation sites (tertiary alicyclic amines) is 1. The molecule has 0 aromatic carbocycles. The Morgan fingerprint density at radius 3 is 2.69 bits per heavy atom. The Hall–Kier alpha value is -1.32. The molecule has 1 aliphatic carbocycles. The quantitative estimate of drug-likeness (QED) is 0.725. The second kappa shape index (κ2) is 3.61. The van der Waals surface area contributed by atoms with E-state index in [0.717, 1.165) is 24.9 Å². The van der Waals surface area contributed by atoms with Crippen molar-refractivity contribution in [3.63, 3.8) is 0 Å². The van der Waals surface area contributed by atoms with Crippen LogP contribution in [-0.2, 0) is 0 Å². The Morgan fingerprint density at radius 2 is 2.12 bits per heavy atom. The molecule has 2 atom stereocenters. The lowest BCUT2D eigenvalue weighted by atomic mass is 10.0. The average molecular weight is 220 g/mol. The van der Waals surface area contributed by atoms with Crippen molar-refractivity contribution in [1.29, 1.82) is 0 Å². The number of fused-ring (bicyclic) bond motifs is 1. The molecule has 1 saturated heterocycles. The SMILES string of the molecule is Cc1cc(C(=O)N2CC3CCCC3C2)no1. The van der Waals surface area contributed by atoms with Crippen LogP contribution in [0.2, 0.25) is 0 Å². The molecule has 1 aromatic heterocycles. The number of rotatable bonds is 1. The fourth-order valence-corrected chi connectivity index (χ4v) is 3.03. The molecule has 4 heteroatoms. The molecule has 86 valence electrons. The normalized spacial score (nSPS) is 28.4. The monoisotopic (exact) mass is 220 g/mol. The predicted molar refractivity (Wildman–Crippen MR) is 58.0 cm³/mol. The maximum absolute atomic E-state index is 12.1. The van der Waals surface area contributed by atoms with E-state index in [1.807, 2.05) is 11.8 Å². The van der Waals surface area contributed by atoms with Crippen LogP contribution in [0.1, 0.15) is 35.5 Å². The second-order valence-electron chi connectivity index (χ2n) is 4.98. The fourth-order valence-electron chi connectivity index (χ4n) is 3.03. The average Bonchev–Trinajstić information content (AvgIpc) is 2.89. The molecule has 2 aliphatic rings. The van der Waals surface area contributed by atoms with E-state index in [2.05, 4.69) is 5.16 Å². The first-order valence-corrected chi connectivity index (χ1v) is 5.96. The summed E-state index contributed by atoms with van der Waals surface area (Å²) in [6.45, 7) is 3.63. The zero-order valence-electron chi connectivity index (χ0n) is 9.48. The fraction of sp³-hybridized carbons (Fsp3) is 0.667. The second-order valence-corrected chi connectivity index (χ2v) is 4.98. The number of hydrogen-bond donors (Lipinski definition) is 0. The van der Waals surface area contributed by atoms with Crippen molar-refractivity contribution in [2.24, 2.45) is 11.8 Å². The first-order chi connectivity index (χ1) is 7.74. The Bertz CT molecular complexity index is 401.